The van der Waals surface area contributed by atoms with Crippen molar-refractivity contribution in [3.05, 3.63) is 28.7 Å². The van der Waals surface area contributed by atoms with Crippen LogP contribution in [-0.2, 0) is 9.59 Å². The molecule has 0 bridgehead atoms. The van der Waals surface area contributed by atoms with Crippen molar-refractivity contribution >= 4 is 28.6 Å². The minimum atomic E-state index is -0.716. The highest BCUT2D eigenvalue weighted by Gasteiger charge is 2.35. The van der Waals surface area contributed by atoms with E-state index in [1.54, 1.807) is 6.07 Å². The van der Waals surface area contributed by atoms with Crippen LogP contribution >= 0.6 is 0 Å². The molecule has 2 N–H and O–H groups in total. The third-order valence-electron chi connectivity index (χ3n) is 6.01. The van der Waals surface area contributed by atoms with Crippen LogP contribution < -0.4 is 21.3 Å². The Morgan fingerprint density at radius 3 is 2.61 bits per heavy atom. The number of para-hydroxylation sites is 1. The van der Waals surface area contributed by atoms with Gasteiger partial charge in [0.25, 0.3) is 0 Å². The topological polar surface area (TPSA) is 99.8 Å². The molecule has 1 atom stereocenters. The van der Waals surface area contributed by atoms with Crippen molar-refractivity contribution in [1.82, 2.24) is 20.1 Å². The van der Waals surface area contributed by atoms with E-state index < -0.39 is 17.7 Å². The molecule has 0 saturated carbocycles. The van der Waals surface area contributed by atoms with E-state index in [-0.39, 0.29) is 12.3 Å². The largest absolute Gasteiger partial charge is 0.420 e. The fourth-order valence-electron chi connectivity index (χ4n) is 4.44. The summed E-state index contributed by atoms with van der Waals surface area (Å²) in [6, 6.07) is 5.43. The number of nitrogens with one attached hydrogen (secondary N) is 2. The number of imide groups is 1. The molecule has 2 aromatic rings. The highest BCUT2D eigenvalue weighted by atomic mass is 16.4. The molecule has 9 nitrogen and oxygen atoms in total. The number of oxazole rings is 1. The number of hydrogen-bond acceptors (Lipinski definition) is 7. The lowest BCUT2D eigenvalue weighted by molar-refractivity contribution is -0.135. The van der Waals surface area contributed by atoms with Gasteiger partial charge in [0, 0.05) is 51.7 Å². The second-order valence-corrected chi connectivity index (χ2v) is 7.68. The van der Waals surface area contributed by atoms with Gasteiger partial charge in [-0.3, -0.25) is 24.4 Å². The van der Waals surface area contributed by atoms with E-state index in [0.717, 1.165) is 45.0 Å². The van der Waals surface area contributed by atoms with Crippen LogP contribution in [0.4, 0.5) is 5.69 Å². The molecular formula is C19H23N5O4. The third-order valence-corrected chi connectivity index (χ3v) is 6.01. The highest BCUT2D eigenvalue weighted by molar-refractivity contribution is 6.00. The van der Waals surface area contributed by atoms with E-state index >= 15 is 0 Å². The summed E-state index contributed by atoms with van der Waals surface area (Å²) in [5.41, 5.74) is 1.99. The minimum absolute atomic E-state index is 0.216. The summed E-state index contributed by atoms with van der Waals surface area (Å²) in [5, 5.41) is 5.68. The normalized spacial score (nSPS) is 24.4. The monoisotopic (exact) mass is 385 g/mol. The van der Waals surface area contributed by atoms with Crippen molar-refractivity contribution in [3.63, 3.8) is 0 Å². The molecule has 0 spiro atoms. The maximum atomic E-state index is 12.6. The molecule has 1 aromatic carbocycles. The Balaban J connectivity index is 1.42. The van der Waals surface area contributed by atoms with E-state index in [1.165, 1.54) is 4.57 Å². The molecule has 28 heavy (non-hydrogen) atoms. The summed E-state index contributed by atoms with van der Waals surface area (Å²) in [4.78, 5) is 40.9. The first-order valence-corrected chi connectivity index (χ1v) is 9.79. The van der Waals surface area contributed by atoms with Crippen LogP contribution in [0.15, 0.2) is 27.4 Å². The number of carbonyl (C=O) groups is 2. The first-order valence-electron chi connectivity index (χ1n) is 9.79. The predicted molar refractivity (Wildman–Crippen MR) is 102 cm³/mol. The fraction of sp³-hybridized carbons (Fsp3) is 0.526. The van der Waals surface area contributed by atoms with Crippen molar-refractivity contribution < 1.29 is 14.0 Å². The first-order chi connectivity index (χ1) is 13.6. The van der Waals surface area contributed by atoms with Gasteiger partial charge in [0.05, 0.1) is 11.2 Å². The molecule has 9 heteroatoms. The number of rotatable bonds is 3. The molecule has 4 heterocycles. The average Bonchev–Trinajstić information content (AvgIpc) is 2.98. The lowest BCUT2D eigenvalue weighted by Crippen LogP contribution is -2.62. The second kappa shape index (κ2) is 6.75. The average molecular weight is 385 g/mol. The lowest BCUT2D eigenvalue weighted by atomic mass is 10.0. The number of hydrogen-bond donors (Lipinski definition) is 2. The molecule has 2 amide bonds. The standard InChI is InChI=1S/C19H23N5O4/c25-16-5-4-15(18(26)21-16)24-14-3-1-2-13(17(14)28-19(24)27)23-10-12(11-23)22-8-6-20-7-9-22/h1-3,12,15,20H,4-11H2,(H,21,25,26). The van der Waals surface area contributed by atoms with Crippen LogP contribution in [0.3, 0.4) is 0 Å². The molecule has 0 aliphatic carbocycles. The number of carbonyl (C=O) groups excluding carboxylic acids is 2. The SMILES string of the molecule is O=C1CCC(n2c(=O)oc3c(N4CC(N5CCNCC5)C4)cccc32)C(=O)N1. The summed E-state index contributed by atoms with van der Waals surface area (Å²) in [7, 11) is 0. The van der Waals surface area contributed by atoms with Gasteiger partial charge < -0.3 is 14.6 Å². The van der Waals surface area contributed by atoms with Gasteiger partial charge in [-0.1, -0.05) is 6.07 Å². The van der Waals surface area contributed by atoms with Crippen molar-refractivity contribution in [2.24, 2.45) is 0 Å². The van der Waals surface area contributed by atoms with Crippen molar-refractivity contribution in [3.8, 4) is 0 Å². The van der Waals surface area contributed by atoms with Crippen molar-refractivity contribution in [1.29, 1.82) is 0 Å². The Labute approximate surface area is 161 Å². The molecule has 1 aromatic heterocycles. The van der Waals surface area contributed by atoms with Crippen LogP contribution in [0.1, 0.15) is 18.9 Å². The zero-order valence-corrected chi connectivity index (χ0v) is 15.5. The molecule has 148 valence electrons. The van der Waals surface area contributed by atoms with Crippen LogP contribution in [0.2, 0.25) is 0 Å². The molecule has 3 aliphatic rings. The number of benzene rings is 1. The Hall–Kier alpha value is -2.65. The van der Waals surface area contributed by atoms with Gasteiger partial charge in [0.1, 0.15) is 6.04 Å². The van der Waals surface area contributed by atoms with Crippen LogP contribution in [-0.4, -0.2) is 66.6 Å². The van der Waals surface area contributed by atoms with Crippen LogP contribution in [0, 0.1) is 0 Å². The van der Waals surface area contributed by atoms with Gasteiger partial charge in [-0.15, -0.1) is 0 Å². The first kappa shape index (κ1) is 17.4. The number of anilines is 1. The number of fused-ring (bicyclic) bond motifs is 1. The molecule has 3 fully saturated rings. The van der Waals surface area contributed by atoms with E-state index in [0.29, 0.717) is 23.6 Å². The molecule has 3 aliphatic heterocycles. The van der Waals surface area contributed by atoms with E-state index in [4.69, 9.17) is 4.42 Å². The number of nitrogens with zero attached hydrogens (tertiary/aromatic N) is 3. The van der Waals surface area contributed by atoms with Gasteiger partial charge in [-0.25, -0.2) is 4.79 Å². The summed E-state index contributed by atoms with van der Waals surface area (Å²) in [6.07, 6.45) is 0.520. The predicted octanol–water partition coefficient (Wildman–Crippen LogP) is -0.334. The highest BCUT2D eigenvalue weighted by Crippen LogP contribution is 2.33. The van der Waals surface area contributed by atoms with Crippen LogP contribution in [0.25, 0.3) is 11.1 Å². The van der Waals surface area contributed by atoms with E-state index in [1.807, 2.05) is 12.1 Å². The minimum Gasteiger partial charge on any atom is -0.405 e. The van der Waals surface area contributed by atoms with Crippen LogP contribution in [0.5, 0.6) is 0 Å². The van der Waals surface area contributed by atoms with Crippen molar-refractivity contribution in [2.75, 3.05) is 44.2 Å². The Bertz CT molecular complexity index is 984. The molecule has 1 unspecified atom stereocenters. The quantitative estimate of drug-likeness (QED) is 0.698. The molecule has 5 rings (SSSR count). The van der Waals surface area contributed by atoms with Gasteiger partial charge in [0.2, 0.25) is 11.8 Å². The number of amides is 2. The molecule has 0 radical (unpaired) electrons. The molecule has 3 saturated heterocycles. The summed E-state index contributed by atoms with van der Waals surface area (Å²) < 4.78 is 6.96. The van der Waals surface area contributed by atoms with Gasteiger partial charge in [-0.05, 0) is 18.6 Å². The zero-order chi connectivity index (χ0) is 19.3. The second-order valence-electron chi connectivity index (χ2n) is 7.68. The smallest absolute Gasteiger partial charge is 0.405 e. The lowest BCUT2D eigenvalue weighted by Gasteiger charge is -2.47. The van der Waals surface area contributed by atoms with Gasteiger partial charge >= 0.3 is 5.76 Å². The third kappa shape index (κ3) is 2.82. The summed E-state index contributed by atoms with van der Waals surface area (Å²) >= 11 is 0. The zero-order valence-electron chi connectivity index (χ0n) is 15.5. The number of piperidine rings is 1. The number of aromatic nitrogens is 1. The summed E-state index contributed by atoms with van der Waals surface area (Å²) in [5.74, 6) is -1.31. The Morgan fingerprint density at radius 1 is 1.07 bits per heavy atom. The van der Waals surface area contributed by atoms with Crippen molar-refractivity contribution in [2.45, 2.75) is 24.9 Å². The summed E-state index contributed by atoms with van der Waals surface area (Å²) in [6.45, 7) is 5.96. The maximum absolute atomic E-state index is 12.6. The molecular weight excluding hydrogens is 362 g/mol. The fourth-order valence-corrected chi connectivity index (χ4v) is 4.44. The van der Waals surface area contributed by atoms with E-state index in [9.17, 15) is 14.4 Å². The Morgan fingerprint density at radius 2 is 1.86 bits per heavy atom. The van der Waals surface area contributed by atoms with Gasteiger partial charge in [0.15, 0.2) is 5.58 Å². The van der Waals surface area contributed by atoms with Gasteiger partial charge in [-0.2, -0.15) is 0 Å². The van der Waals surface area contributed by atoms with E-state index in [2.05, 4.69) is 20.4 Å². The number of piperazine rings is 1. The maximum Gasteiger partial charge on any atom is 0.420 e. The Kier molecular flexibility index (Phi) is 4.21.